The number of aryl methyl sites for hydroxylation is 3. The van der Waals surface area contributed by atoms with E-state index in [4.69, 9.17) is 16.6 Å². The summed E-state index contributed by atoms with van der Waals surface area (Å²) in [6.07, 6.45) is 2.30. The molecule has 2 atom stereocenters. The van der Waals surface area contributed by atoms with Gasteiger partial charge in [-0.25, -0.2) is 0 Å². The fourth-order valence-electron chi connectivity index (χ4n) is 8.42. The number of amides is 6. The molecule has 0 radical (unpaired) electrons. The molecule has 16 nitrogen and oxygen atoms in total. The minimum atomic E-state index is -1.09. The van der Waals surface area contributed by atoms with Crippen LogP contribution in [0.4, 0.5) is 22.7 Å². The number of carbonyl (C=O) groups is 6. The van der Waals surface area contributed by atoms with E-state index in [-0.39, 0.29) is 54.3 Å². The lowest BCUT2D eigenvalue weighted by Crippen LogP contribution is -2.54. The molecule has 1 fully saturated rings. The van der Waals surface area contributed by atoms with Crippen LogP contribution in [0.15, 0.2) is 106 Å². The molecule has 0 spiro atoms. The number of azo groups is 1. The van der Waals surface area contributed by atoms with E-state index in [0.717, 1.165) is 55.6 Å². The Morgan fingerprint density at radius 2 is 1.54 bits per heavy atom. The number of hydrogen-bond acceptors (Lipinski definition) is 12. The minimum absolute atomic E-state index is 0.0157. The summed E-state index contributed by atoms with van der Waals surface area (Å²) in [6, 6.07) is 25.2. The van der Waals surface area contributed by atoms with Crippen molar-refractivity contribution in [1.29, 1.82) is 0 Å². The molecule has 0 aliphatic carbocycles. The topological polar surface area (TPSA) is 210 Å². The SMILES string of the molecule is Cc1sc2c(c1C)C(c1ccc(Cl)cc1)=N[C@@H](CC(=O)Nc1ccc(/N=N/c3ccc(CCCCC(=O)Nc4cccc5c4C(=O)N(C4CCC(=O)NC4=O)C5=O)cc3)cc1)c1nnc(C)n1-2. The van der Waals surface area contributed by atoms with Gasteiger partial charge in [0.15, 0.2) is 5.82 Å². The average molecular weight is 935 g/mol. The quantitative estimate of drug-likeness (QED) is 0.0577. The maximum Gasteiger partial charge on any atom is 0.264 e. The van der Waals surface area contributed by atoms with Gasteiger partial charge in [0.2, 0.25) is 23.6 Å². The molecule has 4 aromatic carbocycles. The first-order chi connectivity index (χ1) is 32.3. The number of aromatic nitrogens is 3. The van der Waals surface area contributed by atoms with E-state index >= 15 is 0 Å². The van der Waals surface area contributed by atoms with E-state index in [1.807, 2.05) is 60.0 Å². The molecule has 6 aromatic rings. The van der Waals surface area contributed by atoms with Gasteiger partial charge >= 0.3 is 0 Å². The van der Waals surface area contributed by atoms with Crippen molar-refractivity contribution >= 4 is 86.8 Å². The first kappa shape index (κ1) is 44.7. The zero-order valence-electron chi connectivity index (χ0n) is 36.6. The van der Waals surface area contributed by atoms with Crippen LogP contribution in [0.2, 0.25) is 5.02 Å². The molecule has 18 heteroatoms. The van der Waals surface area contributed by atoms with Crippen LogP contribution in [0, 0.1) is 20.8 Å². The van der Waals surface area contributed by atoms with Crippen LogP contribution in [0.3, 0.4) is 0 Å². The summed E-state index contributed by atoms with van der Waals surface area (Å²) >= 11 is 7.90. The van der Waals surface area contributed by atoms with Gasteiger partial charge in [-0.2, -0.15) is 10.2 Å². The van der Waals surface area contributed by atoms with Gasteiger partial charge in [-0.15, -0.1) is 21.5 Å². The van der Waals surface area contributed by atoms with E-state index in [9.17, 15) is 28.8 Å². The van der Waals surface area contributed by atoms with Crippen molar-refractivity contribution in [2.45, 2.75) is 77.8 Å². The van der Waals surface area contributed by atoms with Crippen LogP contribution in [-0.2, 0) is 25.6 Å². The summed E-state index contributed by atoms with van der Waals surface area (Å²) in [7, 11) is 0. The number of nitrogens with zero attached hydrogens (tertiary/aromatic N) is 7. The van der Waals surface area contributed by atoms with Gasteiger partial charge < -0.3 is 10.6 Å². The first-order valence-corrected chi connectivity index (χ1v) is 22.9. The van der Waals surface area contributed by atoms with Crippen LogP contribution < -0.4 is 16.0 Å². The van der Waals surface area contributed by atoms with Gasteiger partial charge in [-0.05, 0) is 118 Å². The minimum Gasteiger partial charge on any atom is -0.326 e. The van der Waals surface area contributed by atoms with Crippen molar-refractivity contribution in [2.24, 2.45) is 15.2 Å². The van der Waals surface area contributed by atoms with Crippen molar-refractivity contribution in [3.63, 3.8) is 0 Å². The molecule has 2 aromatic heterocycles. The molecule has 3 N–H and O–H groups in total. The third-order valence-electron chi connectivity index (χ3n) is 12.0. The Kier molecular flexibility index (Phi) is 12.5. The molecule has 6 amide bonds. The number of nitrogens with one attached hydrogen (secondary N) is 3. The number of rotatable bonds is 13. The maximum atomic E-state index is 13.6. The van der Waals surface area contributed by atoms with Gasteiger partial charge in [0.25, 0.3) is 11.8 Å². The second kappa shape index (κ2) is 18.8. The Bertz CT molecular complexity index is 3050. The predicted octanol–water partition coefficient (Wildman–Crippen LogP) is 9.00. The highest BCUT2D eigenvalue weighted by Crippen LogP contribution is 2.40. The van der Waals surface area contributed by atoms with Gasteiger partial charge in [0, 0.05) is 39.6 Å². The summed E-state index contributed by atoms with van der Waals surface area (Å²) in [5, 5.41) is 27.2. The monoisotopic (exact) mass is 934 g/mol. The number of halogens is 1. The van der Waals surface area contributed by atoms with Crippen LogP contribution in [0.25, 0.3) is 5.00 Å². The fraction of sp³-hybridized carbons (Fsp3) is 0.245. The number of fused-ring (bicyclic) bond motifs is 4. The average Bonchev–Trinajstić information content (AvgIpc) is 3.89. The fourth-order valence-corrected chi connectivity index (χ4v) is 9.76. The van der Waals surface area contributed by atoms with E-state index < -0.39 is 35.7 Å². The third-order valence-corrected chi connectivity index (χ3v) is 13.4. The Labute approximate surface area is 393 Å². The number of thiophene rings is 1. The normalized spacial score (nSPS) is 16.6. The highest BCUT2D eigenvalue weighted by molar-refractivity contribution is 7.15. The third kappa shape index (κ3) is 9.20. The van der Waals surface area contributed by atoms with Crippen molar-refractivity contribution < 1.29 is 28.8 Å². The molecular formula is C49H43ClN10O6S. The van der Waals surface area contributed by atoms with Crippen molar-refractivity contribution in [1.82, 2.24) is 25.0 Å². The maximum absolute atomic E-state index is 13.6. The van der Waals surface area contributed by atoms with E-state index in [0.29, 0.717) is 40.2 Å². The first-order valence-electron chi connectivity index (χ1n) is 21.7. The highest BCUT2D eigenvalue weighted by Gasteiger charge is 2.46. The highest BCUT2D eigenvalue weighted by atomic mass is 35.5. The number of piperidine rings is 1. The number of carbonyl (C=O) groups excluding carboxylic acids is 6. The van der Waals surface area contributed by atoms with Gasteiger partial charge in [-0.3, -0.25) is 48.5 Å². The van der Waals surface area contributed by atoms with Gasteiger partial charge in [0.1, 0.15) is 22.9 Å². The Balaban J connectivity index is 0.762. The summed E-state index contributed by atoms with van der Waals surface area (Å²) in [5.74, 6) is -1.70. The lowest BCUT2D eigenvalue weighted by Gasteiger charge is -2.27. The van der Waals surface area contributed by atoms with Gasteiger partial charge in [-0.1, -0.05) is 41.9 Å². The largest absolute Gasteiger partial charge is 0.326 e. The van der Waals surface area contributed by atoms with E-state index in [2.05, 4.69) is 50.2 Å². The summed E-state index contributed by atoms with van der Waals surface area (Å²) in [4.78, 5) is 84.3. The molecular weight excluding hydrogens is 892 g/mol. The van der Waals surface area contributed by atoms with Crippen LogP contribution in [0.5, 0.6) is 0 Å². The van der Waals surface area contributed by atoms with Crippen LogP contribution in [-0.4, -0.2) is 66.9 Å². The number of aliphatic imine (C=N–C) groups is 1. The van der Waals surface area contributed by atoms with E-state index in [1.54, 1.807) is 47.7 Å². The van der Waals surface area contributed by atoms with Crippen molar-refractivity contribution in [3.05, 3.63) is 146 Å². The molecule has 67 heavy (non-hydrogen) atoms. The van der Waals surface area contributed by atoms with Crippen molar-refractivity contribution in [3.8, 4) is 5.00 Å². The molecule has 3 aliphatic heterocycles. The summed E-state index contributed by atoms with van der Waals surface area (Å²) in [6.45, 7) is 6.07. The number of anilines is 2. The zero-order valence-corrected chi connectivity index (χ0v) is 38.2. The molecule has 1 saturated heterocycles. The molecule has 1 unspecified atom stereocenters. The van der Waals surface area contributed by atoms with E-state index in [1.165, 1.54) is 6.07 Å². The molecule has 5 heterocycles. The van der Waals surface area contributed by atoms with Gasteiger partial charge in [0.05, 0.1) is 40.3 Å². The molecule has 9 rings (SSSR count). The Morgan fingerprint density at radius 1 is 0.821 bits per heavy atom. The number of imide groups is 2. The van der Waals surface area contributed by atoms with Crippen molar-refractivity contribution in [2.75, 3.05) is 10.6 Å². The number of unbranched alkanes of at least 4 members (excludes halogenated alkanes) is 1. The second-order valence-corrected chi connectivity index (χ2v) is 18.1. The lowest BCUT2D eigenvalue weighted by atomic mass is 9.99. The summed E-state index contributed by atoms with van der Waals surface area (Å²) in [5.41, 5.74) is 7.03. The smallest absolute Gasteiger partial charge is 0.264 e. The van der Waals surface area contributed by atoms with Crippen LogP contribution in [0.1, 0.15) is 104 Å². The second-order valence-electron chi connectivity index (χ2n) is 16.5. The Morgan fingerprint density at radius 3 is 2.25 bits per heavy atom. The molecule has 0 bridgehead atoms. The molecule has 0 saturated carbocycles. The number of hydrogen-bond donors (Lipinski definition) is 3. The standard InChI is InChI=1S/C49H43ClN10O6S/c1-26-27(2)67-49-42(26)44(30-13-15-31(50)16-14-30)53-37(45-58-55-28(3)59(45)49)25-41(63)51-32-19-21-34(22-20-32)57-56-33-17-11-29(12-18-33)7-4-5-10-39(61)52-36-9-6-8-35-43(36)48(66)60(47(35)65)38-23-24-40(62)54-46(38)64/h6,8-9,11-22,37-38H,4-5,7,10,23-25H2,1-3H3,(H,51,63)(H,52,61)(H,54,62,64)/b57-56+/t37-,38?/m0/s1. The molecule has 3 aliphatic rings. The Hall–Kier alpha value is -7.50. The number of benzene rings is 4. The zero-order chi connectivity index (χ0) is 46.9. The summed E-state index contributed by atoms with van der Waals surface area (Å²) < 4.78 is 2.01. The predicted molar refractivity (Wildman–Crippen MR) is 253 cm³/mol. The van der Waals surface area contributed by atoms with Crippen LogP contribution >= 0.6 is 22.9 Å². The molecule has 338 valence electrons. The lowest BCUT2D eigenvalue weighted by molar-refractivity contribution is -0.136.